The molecule has 138 valence electrons. The molecule has 1 aromatic carbocycles. The van der Waals surface area contributed by atoms with Gasteiger partial charge < -0.3 is 15.1 Å². The van der Waals surface area contributed by atoms with Gasteiger partial charge in [-0.3, -0.25) is 9.59 Å². The highest BCUT2D eigenvalue weighted by Crippen LogP contribution is 2.28. The smallest absolute Gasteiger partial charge is 0.224 e. The number of hydrogen-bond donors (Lipinski definition) is 1. The highest BCUT2D eigenvalue weighted by molar-refractivity contribution is 6.31. The van der Waals surface area contributed by atoms with Gasteiger partial charge in [-0.15, -0.1) is 0 Å². The number of hydrogen-bond acceptors (Lipinski definition) is 3. The molecule has 2 rings (SSSR count). The van der Waals surface area contributed by atoms with Crippen LogP contribution in [0.5, 0.6) is 0 Å². The van der Waals surface area contributed by atoms with E-state index in [4.69, 9.17) is 11.6 Å². The standard InChI is InChI=1S/C19H28ClN3O2/c1-22(2)17-10-9-14(20)13-16(17)21-18(24)11-12-19(25)23(3)15-7-5-4-6-8-15/h9-10,13,15H,4-8,11-12H2,1-3H3,(H,21,24). The number of benzene rings is 1. The summed E-state index contributed by atoms with van der Waals surface area (Å²) in [6.45, 7) is 0. The molecule has 6 heteroatoms. The number of anilines is 2. The predicted molar refractivity (Wildman–Crippen MR) is 103 cm³/mol. The van der Waals surface area contributed by atoms with Gasteiger partial charge in [-0.05, 0) is 31.0 Å². The third kappa shape index (κ3) is 5.63. The largest absolute Gasteiger partial charge is 0.376 e. The van der Waals surface area contributed by atoms with Crippen LogP contribution in [0, 0.1) is 0 Å². The molecule has 0 spiro atoms. The minimum Gasteiger partial charge on any atom is -0.376 e. The molecule has 1 N–H and O–H groups in total. The minimum absolute atomic E-state index is 0.0426. The van der Waals surface area contributed by atoms with Crippen molar-refractivity contribution in [2.24, 2.45) is 0 Å². The topological polar surface area (TPSA) is 52.7 Å². The minimum atomic E-state index is -0.171. The fourth-order valence-corrected chi connectivity index (χ4v) is 3.45. The Morgan fingerprint density at radius 2 is 1.80 bits per heavy atom. The molecule has 0 unspecified atom stereocenters. The van der Waals surface area contributed by atoms with Crippen LogP contribution in [0.25, 0.3) is 0 Å². The predicted octanol–water partition coefficient (Wildman–Crippen LogP) is 3.92. The van der Waals surface area contributed by atoms with Gasteiger partial charge in [-0.2, -0.15) is 0 Å². The van der Waals surface area contributed by atoms with Gasteiger partial charge in [-0.25, -0.2) is 0 Å². The van der Waals surface area contributed by atoms with Crippen LogP contribution >= 0.6 is 11.6 Å². The van der Waals surface area contributed by atoms with E-state index < -0.39 is 0 Å². The summed E-state index contributed by atoms with van der Waals surface area (Å²) < 4.78 is 0. The first-order chi connectivity index (χ1) is 11.9. The van der Waals surface area contributed by atoms with E-state index in [1.165, 1.54) is 19.3 Å². The zero-order valence-corrected chi connectivity index (χ0v) is 16.1. The molecule has 2 amide bonds. The second kappa shape index (κ2) is 9.09. The van der Waals surface area contributed by atoms with Crippen molar-refractivity contribution in [1.82, 2.24) is 4.90 Å². The maximum absolute atomic E-state index is 12.3. The van der Waals surface area contributed by atoms with E-state index >= 15 is 0 Å². The molecule has 1 saturated carbocycles. The first-order valence-corrected chi connectivity index (χ1v) is 9.28. The third-order valence-corrected chi connectivity index (χ3v) is 5.03. The maximum Gasteiger partial charge on any atom is 0.224 e. The van der Waals surface area contributed by atoms with Crippen molar-refractivity contribution in [2.45, 2.75) is 51.0 Å². The monoisotopic (exact) mass is 365 g/mol. The Morgan fingerprint density at radius 3 is 2.44 bits per heavy atom. The van der Waals surface area contributed by atoms with Crippen LogP contribution in [0.1, 0.15) is 44.9 Å². The molecule has 0 radical (unpaired) electrons. The lowest BCUT2D eigenvalue weighted by molar-refractivity contribution is -0.134. The lowest BCUT2D eigenvalue weighted by atomic mass is 9.94. The van der Waals surface area contributed by atoms with Gasteiger partial charge in [0.05, 0.1) is 11.4 Å². The number of nitrogens with zero attached hydrogens (tertiary/aromatic N) is 2. The summed E-state index contributed by atoms with van der Waals surface area (Å²) in [6, 6.07) is 5.71. The Kier molecular flexibility index (Phi) is 7.12. The van der Waals surface area contributed by atoms with Crippen LogP contribution in [-0.2, 0) is 9.59 Å². The lowest BCUT2D eigenvalue weighted by Gasteiger charge is -2.31. The van der Waals surface area contributed by atoms with Gasteiger partial charge in [-0.1, -0.05) is 30.9 Å². The van der Waals surface area contributed by atoms with Crippen molar-refractivity contribution < 1.29 is 9.59 Å². The van der Waals surface area contributed by atoms with Gasteiger partial charge in [0.2, 0.25) is 11.8 Å². The van der Waals surface area contributed by atoms with Gasteiger partial charge in [0.15, 0.2) is 0 Å². The average Bonchev–Trinajstić information content (AvgIpc) is 2.59. The Balaban J connectivity index is 1.88. The normalized spacial score (nSPS) is 14.9. The van der Waals surface area contributed by atoms with E-state index in [1.807, 2.05) is 37.0 Å². The van der Waals surface area contributed by atoms with Gasteiger partial charge >= 0.3 is 0 Å². The highest BCUT2D eigenvalue weighted by Gasteiger charge is 2.22. The Bertz CT molecular complexity index is 613. The zero-order chi connectivity index (χ0) is 18.4. The van der Waals surface area contributed by atoms with Crippen molar-refractivity contribution in [3.8, 4) is 0 Å². The number of halogens is 1. The maximum atomic E-state index is 12.3. The van der Waals surface area contributed by atoms with E-state index in [9.17, 15) is 9.59 Å². The number of rotatable bonds is 6. The quantitative estimate of drug-likeness (QED) is 0.831. The summed E-state index contributed by atoms with van der Waals surface area (Å²) in [7, 11) is 5.67. The third-order valence-electron chi connectivity index (χ3n) is 4.80. The molecule has 0 aliphatic heterocycles. The van der Waals surface area contributed by atoms with Gasteiger partial charge in [0.25, 0.3) is 0 Å². The highest BCUT2D eigenvalue weighted by atomic mass is 35.5. The lowest BCUT2D eigenvalue weighted by Crippen LogP contribution is -2.38. The SMILES string of the molecule is CN(C)c1ccc(Cl)cc1NC(=O)CCC(=O)N(C)C1CCCCC1. The van der Waals surface area contributed by atoms with Crippen molar-refractivity contribution in [3.05, 3.63) is 23.2 Å². The number of carbonyl (C=O) groups excluding carboxylic acids is 2. The van der Waals surface area contributed by atoms with Crippen molar-refractivity contribution >= 4 is 34.8 Å². The molecule has 0 heterocycles. The summed E-state index contributed by atoms with van der Waals surface area (Å²) in [6.07, 6.45) is 6.18. The number of nitrogens with one attached hydrogen (secondary N) is 1. The van der Waals surface area contributed by atoms with Crippen LogP contribution in [-0.4, -0.2) is 43.9 Å². The second-order valence-corrected chi connectivity index (χ2v) is 7.34. The Hall–Kier alpha value is -1.75. The summed E-state index contributed by atoms with van der Waals surface area (Å²) in [5.74, 6) is -0.128. The van der Waals surface area contributed by atoms with Crippen LogP contribution < -0.4 is 10.2 Å². The Labute approximate surface area is 155 Å². The van der Waals surface area contributed by atoms with E-state index in [-0.39, 0.29) is 24.7 Å². The van der Waals surface area contributed by atoms with Gasteiger partial charge in [0.1, 0.15) is 0 Å². The van der Waals surface area contributed by atoms with Crippen molar-refractivity contribution in [3.63, 3.8) is 0 Å². The number of amides is 2. The first-order valence-electron chi connectivity index (χ1n) is 8.91. The summed E-state index contributed by atoms with van der Waals surface area (Å²) in [5, 5.41) is 3.43. The number of carbonyl (C=O) groups is 2. The van der Waals surface area contributed by atoms with Crippen LogP contribution in [0.15, 0.2) is 18.2 Å². The molecule has 0 bridgehead atoms. The average molecular weight is 366 g/mol. The molecule has 0 saturated heterocycles. The fraction of sp³-hybridized carbons (Fsp3) is 0.579. The molecule has 25 heavy (non-hydrogen) atoms. The van der Waals surface area contributed by atoms with Gasteiger partial charge in [0, 0.05) is 45.0 Å². The van der Waals surface area contributed by atoms with Crippen molar-refractivity contribution in [1.29, 1.82) is 0 Å². The second-order valence-electron chi connectivity index (χ2n) is 6.90. The van der Waals surface area contributed by atoms with Crippen LogP contribution in [0.2, 0.25) is 5.02 Å². The fourth-order valence-electron chi connectivity index (χ4n) is 3.28. The van der Waals surface area contributed by atoms with Crippen LogP contribution in [0.4, 0.5) is 11.4 Å². The summed E-state index contributed by atoms with van der Waals surface area (Å²) >= 11 is 6.03. The summed E-state index contributed by atoms with van der Waals surface area (Å²) in [4.78, 5) is 28.3. The molecule has 0 aromatic heterocycles. The Morgan fingerprint density at radius 1 is 1.12 bits per heavy atom. The molecule has 1 aliphatic rings. The molecular weight excluding hydrogens is 338 g/mol. The van der Waals surface area contributed by atoms with E-state index in [2.05, 4.69) is 5.32 Å². The van der Waals surface area contributed by atoms with E-state index in [1.54, 1.807) is 12.1 Å². The molecule has 1 aliphatic carbocycles. The molecule has 1 fully saturated rings. The molecule has 5 nitrogen and oxygen atoms in total. The van der Waals surface area contributed by atoms with Crippen LogP contribution in [0.3, 0.4) is 0 Å². The summed E-state index contributed by atoms with van der Waals surface area (Å²) in [5.41, 5.74) is 1.54. The van der Waals surface area contributed by atoms with E-state index in [0.717, 1.165) is 18.5 Å². The zero-order valence-electron chi connectivity index (χ0n) is 15.3. The van der Waals surface area contributed by atoms with Crippen molar-refractivity contribution in [2.75, 3.05) is 31.4 Å². The molecular formula is C19H28ClN3O2. The molecule has 1 aromatic rings. The molecule has 0 atom stereocenters. The van der Waals surface area contributed by atoms with E-state index in [0.29, 0.717) is 16.8 Å². The first kappa shape index (κ1) is 19.6.